The SMILES string of the molecule is COc1ccccc1Oc1nc2[nH]c(=O)n(CCCO)c(=O)c2[nH]1. The Morgan fingerprint density at radius 1 is 1.21 bits per heavy atom. The van der Waals surface area contributed by atoms with E-state index >= 15 is 0 Å². The topological polar surface area (TPSA) is 122 Å². The van der Waals surface area contributed by atoms with Gasteiger partial charge in [0, 0.05) is 13.2 Å². The summed E-state index contributed by atoms with van der Waals surface area (Å²) in [5.41, 5.74) is -0.881. The molecule has 0 amide bonds. The summed E-state index contributed by atoms with van der Waals surface area (Å²) in [5, 5.41) is 8.86. The van der Waals surface area contributed by atoms with Crippen molar-refractivity contribution in [3.05, 3.63) is 45.1 Å². The number of ether oxygens (including phenoxy) is 2. The number of benzene rings is 1. The van der Waals surface area contributed by atoms with E-state index < -0.39 is 11.2 Å². The minimum Gasteiger partial charge on any atom is -0.493 e. The van der Waals surface area contributed by atoms with E-state index in [1.807, 2.05) is 0 Å². The molecular formula is C15H16N4O5. The van der Waals surface area contributed by atoms with Gasteiger partial charge in [-0.15, -0.1) is 0 Å². The van der Waals surface area contributed by atoms with E-state index in [4.69, 9.17) is 14.6 Å². The number of para-hydroxylation sites is 2. The van der Waals surface area contributed by atoms with Gasteiger partial charge in [-0.2, -0.15) is 4.98 Å². The maximum Gasteiger partial charge on any atom is 0.330 e. The van der Waals surface area contributed by atoms with Gasteiger partial charge in [-0.3, -0.25) is 14.3 Å². The maximum absolute atomic E-state index is 12.4. The van der Waals surface area contributed by atoms with Gasteiger partial charge >= 0.3 is 11.7 Å². The summed E-state index contributed by atoms with van der Waals surface area (Å²) in [5.74, 6) is 0.925. The number of hydrogen-bond acceptors (Lipinski definition) is 6. The van der Waals surface area contributed by atoms with Gasteiger partial charge in [0.2, 0.25) is 0 Å². The quantitative estimate of drug-likeness (QED) is 0.607. The lowest BCUT2D eigenvalue weighted by molar-refractivity contribution is 0.278. The number of aliphatic hydroxyl groups excluding tert-OH is 1. The van der Waals surface area contributed by atoms with Gasteiger partial charge in [-0.25, -0.2) is 4.79 Å². The summed E-state index contributed by atoms with van der Waals surface area (Å²) < 4.78 is 11.8. The van der Waals surface area contributed by atoms with Crippen LogP contribution in [0.3, 0.4) is 0 Å². The van der Waals surface area contributed by atoms with Crippen LogP contribution >= 0.6 is 0 Å². The smallest absolute Gasteiger partial charge is 0.330 e. The van der Waals surface area contributed by atoms with Crippen LogP contribution in [0.25, 0.3) is 11.2 Å². The molecule has 0 fully saturated rings. The van der Waals surface area contributed by atoms with Crippen molar-refractivity contribution in [2.75, 3.05) is 13.7 Å². The van der Waals surface area contributed by atoms with E-state index in [2.05, 4.69) is 15.0 Å². The Balaban J connectivity index is 2.01. The van der Waals surface area contributed by atoms with Crippen molar-refractivity contribution in [1.29, 1.82) is 0 Å². The molecule has 0 radical (unpaired) electrons. The average Bonchev–Trinajstić information content (AvgIpc) is 2.98. The summed E-state index contributed by atoms with van der Waals surface area (Å²) in [7, 11) is 1.51. The second kappa shape index (κ2) is 6.59. The van der Waals surface area contributed by atoms with Gasteiger partial charge < -0.3 is 19.6 Å². The summed E-state index contributed by atoms with van der Waals surface area (Å²) in [6, 6.07) is 7.03. The highest BCUT2D eigenvalue weighted by Gasteiger charge is 2.14. The standard InChI is InChI=1S/C15H16N4O5/c1-23-9-5-2-3-6-10(9)24-14-16-11-12(17-14)18-15(22)19(13(11)21)7-4-8-20/h2-3,5-6,20H,4,7-8H2,1H3,(H,16,17)(H,18,22). The highest BCUT2D eigenvalue weighted by Crippen LogP contribution is 2.29. The van der Waals surface area contributed by atoms with Gasteiger partial charge in [0.1, 0.15) is 0 Å². The summed E-state index contributed by atoms with van der Waals surface area (Å²) in [4.78, 5) is 33.6. The number of aliphatic hydroxyl groups is 1. The Kier molecular flexibility index (Phi) is 4.34. The third-order valence-electron chi connectivity index (χ3n) is 3.43. The number of aromatic nitrogens is 4. The molecule has 0 aliphatic rings. The molecule has 0 spiro atoms. The van der Waals surface area contributed by atoms with E-state index in [1.54, 1.807) is 24.3 Å². The zero-order valence-corrected chi connectivity index (χ0v) is 12.9. The van der Waals surface area contributed by atoms with Crippen molar-refractivity contribution < 1.29 is 14.6 Å². The fourth-order valence-electron chi connectivity index (χ4n) is 2.28. The third kappa shape index (κ3) is 2.88. The van der Waals surface area contributed by atoms with Crippen LogP contribution in [0.2, 0.25) is 0 Å². The first-order chi connectivity index (χ1) is 11.6. The van der Waals surface area contributed by atoms with Crippen molar-refractivity contribution in [1.82, 2.24) is 19.5 Å². The van der Waals surface area contributed by atoms with Crippen LogP contribution in [-0.2, 0) is 6.54 Å². The van der Waals surface area contributed by atoms with Crippen LogP contribution in [0.4, 0.5) is 0 Å². The first-order valence-corrected chi connectivity index (χ1v) is 7.28. The van der Waals surface area contributed by atoms with Crippen LogP contribution in [0.5, 0.6) is 17.5 Å². The number of rotatable bonds is 6. The third-order valence-corrected chi connectivity index (χ3v) is 3.43. The molecule has 0 aliphatic carbocycles. The molecule has 2 aromatic heterocycles. The molecule has 0 bridgehead atoms. The molecule has 1 aromatic carbocycles. The molecule has 9 nitrogen and oxygen atoms in total. The second-order valence-corrected chi connectivity index (χ2v) is 4.98. The lowest BCUT2D eigenvalue weighted by Gasteiger charge is -2.06. The van der Waals surface area contributed by atoms with Gasteiger partial charge in [0.15, 0.2) is 22.7 Å². The molecule has 3 rings (SSSR count). The van der Waals surface area contributed by atoms with Gasteiger partial charge in [0.05, 0.1) is 7.11 Å². The van der Waals surface area contributed by atoms with Crippen LogP contribution < -0.4 is 20.7 Å². The first kappa shape index (κ1) is 15.8. The lowest BCUT2D eigenvalue weighted by Crippen LogP contribution is -2.35. The highest BCUT2D eigenvalue weighted by molar-refractivity contribution is 5.69. The Morgan fingerprint density at radius 2 is 1.96 bits per heavy atom. The molecule has 126 valence electrons. The summed E-state index contributed by atoms with van der Waals surface area (Å²) >= 11 is 0. The maximum atomic E-state index is 12.4. The molecule has 9 heteroatoms. The molecule has 24 heavy (non-hydrogen) atoms. The fourth-order valence-corrected chi connectivity index (χ4v) is 2.28. The first-order valence-electron chi connectivity index (χ1n) is 7.28. The summed E-state index contributed by atoms with van der Waals surface area (Å²) in [6.45, 7) is -0.00260. The van der Waals surface area contributed by atoms with Crippen LogP contribution in [0.15, 0.2) is 33.9 Å². The fraction of sp³-hybridized carbons (Fsp3) is 0.267. The Morgan fingerprint density at radius 3 is 2.67 bits per heavy atom. The number of methoxy groups -OCH3 is 1. The molecule has 3 N–H and O–H groups in total. The highest BCUT2D eigenvalue weighted by atomic mass is 16.5. The molecular weight excluding hydrogens is 316 g/mol. The minimum absolute atomic E-state index is 0.0576. The van der Waals surface area contributed by atoms with E-state index in [-0.39, 0.29) is 30.3 Å². The van der Waals surface area contributed by atoms with Crippen LogP contribution in [-0.4, -0.2) is 38.3 Å². The molecule has 0 saturated carbocycles. The number of H-pyrrole nitrogens is 2. The number of fused-ring (bicyclic) bond motifs is 1. The molecule has 0 atom stereocenters. The average molecular weight is 332 g/mol. The van der Waals surface area contributed by atoms with E-state index in [0.717, 1.165) is 4.57 Å². The molecule has 2 heterocycles. The van der Waals surface area contributed by atoms with Crippen molar-refractivity contribution >= 4 is 11.2 Å². The number of hydrogen-bond donors (Lipinski definition) is 3. The molecule has 0 aliphatic heterocycles. The number of aromatic amines is 2. The molecule has 0 unspecified atom stereocenters. The van der Waals surface area contributed by atoms with E-state index in [1.165, 1.54) is 7.11 Å². The number of nitrogens with zero attached hydrogens (tertiary/aromatic N) is 2. The number of imidazole rings is 1. The van der Waals surface area contributed by atoms with E-state index in [9.17, 15) is 9.59 Å². The minimum atomic E-state index is -0.587. The normalized spacial score (nSPS) is 10.9. The van der Waals surface area contributed by atoms with Gasteiger partial charge in [-0.1, -0.05) is 12.1 Å². The zero-order valence-electron chi connectivity index (χ0n) is 12.9. The van der Waals surface area contributed by atoms with Crippen molar-refractivity contribution in [3.63, 3.8) is 0 Å². The summed E-state index contributed by atoms with van der Waals surface area (Å²) in [6.07, 6.45) is 0.299. The largest absolute Gasteiger partial charge is 0.493 e. The predicted molar refractivity (Wildman–Crippen MR) is 85.7 cm³/mol. The van der Waals surface area contributed by atoms with Crippen molar-refractivity contribution in [3.8, 4) is 17.5 Å². The van der Waals surface area contributed by atoms with Gasteiger partial charge in [-0.05, 0) is 18.6 Å². The lowest BCUT2D eigenvalue weighted by atomic mass is 10.3. The zero-order chi connectivity index (χ0) is 17.1. The Labute approximate surface area is 135 Å². The Hall–Kier alpha value is -3.07. The predicted octanol–water partition coefficient (Wildman–Crippen LogP) is 0.596. The monoisotopic (exact) mass is 332 g/mol. The molecule has 0 saturated heterocycles. The molecule has 3 aromatic rings. The van der Waals surface area contributed by atoms with Crippen LogP contribution in [0, 0.1) is 0 Å². The van der Waals surface area contributed by atoms with Crippen LogP contribution in [0.1, 0.15) is 6.42 Å². The van der Waals surface area contributed by atoms with Crippen molar-refractivity contribution in [2.24, 2.45) is 0 Å². The second-order valence-electron chi connectivity index (χ2n) is 4.98. The van der Waals surface area contributed by atoms with E-state index in [0.29, 0.717) is 17.9 Å². The number of nitrogens with one attached hydrogen (secondary N) is 2. The Bertz CT molecular complexity index is 972. The van der Waals surface area contributed by atoms with Gasteiger partial charge in [0.25, 0.3) is 5.56 Å². The van der Waals surface area contributed by atoms with Crippen molar-refractivity contribution in [2.45, 2.75) is 13.0 Å².